The Morgan fingerprint density at radius 3 is 2.77 bits per heavy atom. The number of rotatable bonds is 2. The van der Waals surface area contributed by atoms with Crippen LogP contribution >= 0.6 is 11.6 Å². The topological polar surface area (TPSA) is 52.1 Å². The van der Waals surface area contributed by atoms with Crippen molar-refractivity contribution in [3.8, 4) is 5.88 Å². The van der Waals surface area contributed by atoms with Crippen LogP contribution in [0.2, 0.25) is 0 Å². The first kappa shape index (κ1) is 9.92. The van der Waals surface area contributed by atoms with Crippen molar-refractivity contribution in [3.63, 3.8) is 0 Å². The standard InChI is InChI=1S/C8H9ClN2O2/c1-5(2)6-3-7(11-4-10-6)13-8(9)12/h3-5H,1-2H3. The van der Waals surface area contributed by atoms with Crippen LogP contribution in [0.1, 0.15) is 25.5 Å². The highest BCUT2D eigenvalue weighted by Gasteiger charge is 2.05. The molecule has 13 heavy (non-hydrogen) atoms. The molecule has 1 rings (SSSR count). The number of carbonyl (C=O) groups excluding carboxylic acids is 1. The second kappa shape index (κ2) is 4.18. The van der Waals surface area contributed by atoms with Crippen LogP contribution < -0.4 is 4.74 Å². The molecule has 0 amide bonds. The minimum absolute atomic E-state index is 0.179. The SMILES string of the molecule is CC(C)c1cc(OC(=O)Cl)ncn1. The Kier molecular flexibility index (Phi) is 3.19. The summed E-state index contributed by atoms with van der Waals surface area (Å²) in [4.78, 5) is 18.1. The Labute approximate surface area is 80.9 Å². The molecule has 0 spiro atoms. The summed E-state index contributed by atoms with van der Waals surface area (Å²) in [7, 11) is 0. The number of nitrogens with zero attached hydrogens (tertiary/aromatic N) is 2. The van der Waals surface area contributed by atoms with Gasteiger partial charge in [-0.25, -0.2) is 14.8 Å². The largest absolute Gasteiger partial charge is 0.410 e. The van der Waals surface area contributed by atoms with Gasteiger partial charge in [0.2, 0.25) is 5.88 Å². The predicted molar refractivity (Wildman–Crippen MR) is 48.0 cm³/mol. The predicted octanol–water partition coefficient (Wildman–Crippen LogP) is 2.34. The number of halogens is 1. The van der Waals surface area contributed by atoms with Gasteiger partial charge in [-0.2, -0.15) is 0 Å². The molecule has 70 valence electrons. The van der Waals surface area contributed by atoms with Crippen molar-refractivity contribution in [1.29, 1.82) is 0 Å². The second-order valence-electron chi connectivity index (χ2n) is 2.78. The van der Waals surface area contributed by atoms with Crippen LogP contribution in [-0.2, 0) is 0 Å². The van der Waals surface area contributed by atoms with E-state index in [2.05, 4.69) is 14.7 Å². The maximum Gasteiger partial charge on any atom is 0.410 e. The van der Waals surface area contributed by atoms with Gasteiger partial charge < -0.3 is 4.74 Å². The van der Waals surface area contributed by atoms with Crippen LogP contribution in [0.3, 0.4) is 0 Å². The molecule has 0 unspecified atom stereocenters. The lowest BCUT2D eigenvalue weighted by molar-refractivity contribution is 0.224. The zero-order valence-electron chi connectivity index (χ0n) is 7.32. The first-order valence-corrected chi connectivity index (χ1v) is 4.16. The quantitative estimate of drug-likeness (QED) is 0.688. The molecule has 0 bridgehead atoms. The Bertz CT molecular complexity index is 315. The molecular weight excluding hydrogens is 192 g/mol. The Morgan fingerprint density at radius 2 is 2.23 bits per heavy atom. The average Bonchev–Trinajstić information content (AvgIpc) is 2.03. The molecule has 0 atom stereocenters. The Morgan fingerprint density at radius 1 is 1.54 bits per heavy atom. The van der Waals surface area contributed by atoms with Crippen molar-refractivity contribution in [2.24, 2.45) is 0 Å². The molecule has 0 saturated carbocycles. The van der Waals surface area contributed by atoms with Crippen molar-refractivity contribution in [3.05, 3.63) is 18.1 Å². The number of aromatic nitrogens is 2. The van der Waals surface area contributed by atoms with Gasteiger partial charge >= 0.3 is 5.43 Å². The minimum Gasteiger partial charge on any atom is -0.395 e. The van der Waals surface area contributed by atoms with E-state index >= 15 is 0 Å². The highest BCUT2D eigenvalue weighted by Crippen LogP contribution is 2.15. The summed E-state index contributed by atoms with van der Waals surface area (Å²) < 4.78 is 4.58. The molecule has 1 aromatic heterocycles. The van der Waals surface area contributed by atoms with E-state index < -0.39 is 5.43 Å². The molecule has 0 aromatic carbocycles. The lowest BCUT2D eigenvalue weighted by Gasteiger charge is -2.04. The molecule has 4 nitrogen and oxygen atoms in total. The lowest BCUT2D eigenvalue weighted by atomic mass is 10.1. The van der Waals surface area contributed by atoms with Gasteiger partial charge in [-0.3, -0.25) is 0 Å². The Hall–Kier alpha value is -1.16. The molecule has 5 heteroatoms. The number of ether oxygens (including phenoxy) is 1. The molecule has 0 aliphatic rings. The summed E-state index contributed by atoms with van der Waals surface area (Å²) in [6.45, 7) is 3.96. The highest BCUT2D eigenvalue weighted by molar-refractivity contribution is 6.61. The first-order valence-electron chi connectivity index (χ1n) is 3.79. The second-order valence-corrected chi connectivity index (χ2v) is 3.08. The van der Waals surface area contributed by atoms with Gasteiger partial charge in [0.15, 0.2) is 0 Å². The van der Waals surface area contributed by atoms with E-state index in [1.165, 1.54) is 6.33 Å². The van der Waals surface area contributed by atoms with E-state index in [1.807, 2.05) is 13.8 Å². The van der Waals surface area contributed by atoms with E-state index in [0.29, 0.717) is 0 Å². The summed E-state index contributed by atoms with van der Waals surface area (Å²) in [6.07, 6.45) is 1.34. The van der Waals surface area contributed by atoms with Crippen LogP contribution in [0.25, 0.3) is 0 Å². The molecule has 0 aliphatic heterocycles. The fourth-order valence-electron chi connectivity index (χ4n) is 0.807. The highest BCUT2D eigenvalue weighted by atomic mass is 35.5. The van der Waals surface area contributed by atoms with E-state index in [9.17, 15) is 4.79 Å². The number of hydrogen-bond acceptors (Lipinski definition) is 4. The van der Waals surface area contributed by atoms with Crippen molar-refractivity contribution in [2.75, 3.05) is 0 Å². The zero-order chi connectivity index (χ0) is 9.84. The third kappa shape index (κ3) is 2.99. The van der Waals surface area contributed by atoms with Gasteiger partial charge in [0.1, 0.15) is 6.33 Å². The summed E-state index contributed by atoms with van der Waals surface area (Å²) in [5.74, 6) is 0.439. The van der Waals surface area contributed by atoms with Crippen LogP contribution in [0, 0.1) is 0 Å². The van der Waals surface area contributed by atoms with Gasteiger partial charge in [0, 0.05) is 17.7 Å². The van der Waals surface area contributed by atoms with Crippen molar-refractivity contribution in [1.82, 2.24) is 9.97 Å². The third-order valence-electron chi connectivity index (χ3n) is 1.44. The van der Waals surface area contributed by atoms with Crippen molar-refractivity contribution >= 4 is 17.0 Å². The van der Waals surface area contributed by atoms with Crippen molar-refractivity contribution < 1.29 is 9.53 Å². The van der Waals surface area contributed by atoms with Crippen molar-refractivity contribution in [2.45, 2.75) is 19.8 Å². The van der Waals surface area contributed by atoms with Crippen LogP contribution in [-0.4, -0.2) is 15.4 Å². The summed E-state index contributed by atoms with van der Waals surface area (Å²) in [5, 5.41) is 0. The molecular formula is C8H9ClN2O2. The average molecular weight is 201 g/mol. The van der Waals surface area contributed by atoms with Crippen LogP contribution in [0.4, 0.5) is 4.79 Å². The zero-order valence-corrected chi connectivity index (χ0v) is 8.08. The molecule has 0 saturated heterocycles. The van der Waals surface area contributed by atoms with E-state index in [0.717, 1.165) is 5.69 Å². The number of carbonyl (C=O) groups is 1. The van der Waals surface area contributed by atoms with Crippen LogP contribution in [0.5, 0.6) is 5.88 Å². The summed E-state index contributed by atoms with van der Waals surface area (Å²) in [5.41, 5.74) is -0.0867. The molecule has 0 fully saturated rings. The molecule has 0 aliphatic carbocycles. The fraction of sp³-hybridized carbons (Fsp3) is 0.375. The van der Waals surface area contributed by atoms with E-state index in [1.54, 1.807) is 6.07 Å². The minimum atomic E-state index is -0.895. The van der Waals surface area contributed by atoms with Gasteiger partial charge in [0.25, 0.3) is 0 Å². The monoisotopic (exact) mass is 200 g/mol. The maximum atomic E-state index is 10.4. The molecule has 0 N–H and O–H groups in total. The molecule has 0 radical (unpaired) electrons. The fourth-order valence-corrected chi connectivity index (χ4v) is 0.886. The molecule has 1 aromatic rings. The van der Waals surface area contributed by atoms with Gasteiger partial charge in [-0.15, -0.1) is 0 Å². The summed E-state index contributed by atoms with van der Waals surface area (Å²) in [6, 6.07) is 1.59. The molecule has 1 heterocycles. The number of hydrogen-bond donors (Lipinski definition) is 0. The third-order valence-corrected chi connectivity index (χ3v) is 1.52. The van der Waals surface area contributed by atoms with Crippen LogP contribution in [0.15, 0.2) is 12.4 Å². The smallest absolute Gasteiger partial charge is 0.395 e. The Balaban J connectivity index is 2.85. The van der Waals surface area contributed by atoms with Gasteiger partial charge in [-0.05, 0) is 5.92 Å². The normalized spacial score (nSPS) is 10.2. The van der Waals surface area contributed by atoms with Gasteiger partial charge in [-0.1, -0.05) is 13.8 Å². The lowest BCUT2D eigenvalue weighted by Crippen LogP contribution is -2.01. The van der Waals surface area contributed by atoms with Gasteiger partial charge in [0.05, 0.1) is 5.69 Å². The van der Waals surface area contributed by atoms with E-state index in [-0.39, 0.29) is 11.8 Å². The maximum absolute atomic E-state index is 10.4. The first-order chi connectivity index (χ1) is 6.09. The summed E-state index contributed by atoms with van der Waals surface area (Å²) >= 11 is 5.02. The van der Waals surface area contributed by atoms with E-state index in [4.69, 9.17) is 11.6 Å².